The number of halogens is 1. The van der Waals surface area contributed by atoms with Gasteiger partial charge in [-0.1, -0.05) is 103 Å². The SMILES string of the molecule is COc1cc2cc(c1Cl)N(C)C(=O)C[C@H](OC(=O)[C@H](C)N(C)C(=O)CCSC1CC(=O)N(CCCNC(=O)CC[C@H]3C(=O)N[C@@H](Cc4ccc(O)cc4)C(=O)N[C@H](Cc4c[nH]c5ccccc45)C(=O)N[C@@H](CCCCN)C(=O)N[C@@H]([C@@H](C)O)C(=O)N[C@@H](Cc4ccccc4)C(=O)N3C)C1=O)[C@]1(C)O[C@H]1[C@H](C)[C@@H]1C[C@@](O)(NC(=O)O1)[C@H](OC)/C=C/C=C(\C)C2. The van der Waals surface area contributed by atoms with Gasteiger partial charge in [0.05, 0.1) is 36.7 Å². The highest BCUT2D eigenvalue weighted by molar-refractivity contribution is 8.00. The number of carbonyl (C=O) groups is 13. The maximum absolute atomic E-state index is 15.3. The second-order valence-electron chi connectivity index (χ2n) is 32.2. The van der Waals surface area contributed by atoms with Crippen molar-refractivity contribution < 1.29 is 101 Å². The molecule has 5 aliphatic heterocycles. The third-order valence-corrected chi connectivity index (χ3v) is 24.9. The number of amides is 12. The first kappa shape index (κ1) is 94.3. The molecule has 1 unspecified atom stereocenters. The van der Waals surface area contributed by atoms with E-state index >= 15 is 14.4 Å². The quantitative estimate of drug-likeness (QED) is 0.0154. The number of aliphatic hydroxyl groups is 2. The Labute approximate surface area is 722 Å². The van der Waals surface area contributed by atoms with Gasteiger partial charge in [0.2, 0.25) is 65.0 Å². The number of aromatic nitrogens is 1. The van der Waals surface area contributed by atoms with E-state index in [0.717, 1.165) is 37.6 Å². The normalized spacial score (nSPS) is 27.1. The van der Waals surface area contributed by atoms with Crippen LogP contribution in [0.1, 0.15) is 121 Å². The monoisotopic (exact) mass is 1740 g/mol. The maximum atomic E-state index is 15.3. The number of epoxide rings is 1. The van der Waals surface area contributed by atoms with Crippen molar-refractivity contribution in [3.05, 3.63) is 148 Å². The molecule has 4 bridgehead atoms. The number of alkyl carbamates (subject to hydrolysis) is 1. The Morgan fingerprint density at radius 2 is 1.44 bits per heavy atom. The number of fused-ring (bicyclic) bond motifs is 6. The van der Waals surface area contributed by atoms with Crippen LogP contribution in [0.2, 0.25) is 5.02 Å². The summed E-state index contributed by atoms with van der Waals surface area (Å²) < 4.78 is 29.6. The molecule has 34 nitrogen and oxygen atoms in total. The second kappa shape index (κ2) is 42.4. The van der Waals surface area contributed by atoms with Crippen LogP contribution >= 0.6 is 23.4 Å². The molecule has 0 radical (unpaired) electrons. The number of nitrogens with two attached hydrogens (primary N) is 1. The highest BCUT2D eigenvalue weighted by atomic mass is 35.5. The van der Waals surface area contributed by atoms with Gasteiger partial charge in [0.15, 0.2) is 5.72 Å². The largest absolute Gasteiger partial charge is 0.508 e. The summed E-state index contributed by atoms with van der Waals surface area (Å²) in [7, 11) is 7.01. The van der Waals surface area contributed by atoms with E-state index in [1.165, 1.54) is 78.4 Å². The standard InChI is InChI=1S/C87H112ClN13O21S/c1-48-20-18-26-68(119-10)87(117)46-66(120-85(116)97-87)49(2)76-86(5,122-76)69(45-72(106)99(7)64-41-54(38-48)42-65(118-9)74(64)88)121-84(115)50(3)98(6)71(105)33-37-123-67-44-73(107)101(83(67)114)36-19-35-90-70(104)32-31-63-80(111)94-60(39-53-27-29-56(103)30-28-53)78(109)93-61(43-55-47-91-58-24-15-14-23-57(55)58)79(110)92-59(25-16-17-34-89)77(108)96-75(51(4)102)81(112)95-62(82(113)100(63)8)40-52-21-12-11-13-22-52/h11-15,18,20-24,26-30,41-42,47,49-51,59-63,66-69,75-76,91,102-103,117H,16-17,19,25,31-40,43-46,89H2,1-10H3,(H,90,104)(H,92,110)(H,93,109)(H,94,111)(H,95,112)(H,96,108)(H,97,116)/b26-18+,48-20+/t49-,50+,51-,59+,60+,61-,62+,63+,66+,67?,68-,69+,75+,76+,86+,87+/m1/s1. The number of allylic oxidation sites excluding steroid dienone is 3. The molecule has 4 saturated heterocycles. The predicted molar refractivity (Wildman–Crippen MR) is 455 cm³/mol. The summed E-state index contributed by atoms with van der Waals surface area (Å²) in [6, 6.07) is 14.6. The molecule has 0 saturated carbocycles. The number of rotatable bonds is 27. The summed E-state index contributed by atoms with van der Waals surface area (Å²) in [5, 5.41) is 52.3. The first-order chi connectivity index (χ1) is 58.5. The number of unbranched alkanes of at least 4 members (excludes halogenated alkanes) is 1. The zero-order valence-corrected chi connectivity index (χ0v) is 72.2. The number of benzene rings is 4. The Hall–Kier alpha value is -11.0. The van der Waals surface area contributed by atoms with Gasteiger partial charge >= 0.3 is 12.1 Å². The van der Waals surface area contributed by atoms with Crippen molar-refractivity contribution in [1.29, 1.82) is 0 Å². The number of aromatic hydroxyl groups is 1. The minimum Gasteiger partial charge on any atom is -0.508 e. The number of esters is 1. The Balaban J connectivity index is 0.793. The molecule has 16 atom stereocenters. The Kier molecular flexibility index (Phi) is 32.5. The van der Waals surface area contributed by atoms with E-state index in [9.17, 15) is 63.3 Å². The van der Waals surface area contributed by atoms with Gasteiger partial charge in [-0.25, -0.2) is 9.59 Å². The number of H-pyrrole nitrogens is 1. The molecule has 12 amide bonds. The second-order valence-corrected chi connectivity index (χ2v) is 33.9. The van der Waals surface area contributed by atoms with E-state index in [0.29, 0.717) is 52.5 Å². The lowest BCUT2D eigenvalue weighted by Gasteiger charge is -2.42. The van der Waals surface area contributed by atoms with Crippen LogP contribution in [-0.2, 0) is 102 Å². The number of anilines is 1. The van der Waals surface area contributed by atoms with Crippen molar-refractivity contribution in [2.45, 2.75) is 214 Å². The Morgan fingerprint density at radius 3 is 2.14 bits per heavy atom. The Morgan fingerprint density at radius 1 is 0.780 bits per heavy atom. The van der Waals surface area contributed by atoms with Gasteiger partial charge in [0, 0.05) is 115 Å². The average molecular weight is 1740 g/mol. The molecule has 36 heteroatoms. The number of likely N-dealkylation sites (tertiary alicyclic amines) is 1. The molecule has 123 heavy (non-hydrogen) atoms. The number of hydrogen-bond donors (Lipinski definition) is 12. The van der Waals surface area contributed by atoms with E-state index in [2.05, 4.69) is 42.2 Å². The lowest BCUT2D eigenvalue weighted by molar-refractivity contribution is -0.162. The first-order valence-electron chi connectivity index (χ1n) is 41.2. The fourth-order valence-corrected chi connectivity index (χ4v) is 17.2. The molecular weight excluding hydrogens is 1630 g/mol. The molecule has 0 spiro atoms. The number of carbonyl (C=O) groups excluding carboxylic acids is 13. The van der Waals surface area contributed by atoms with Gasteiger partial charge in [-0.3, -0.25) is 63.0 Å². The number of hydrogen-bond acceptors (Lipinski definition) is 23. The number of aromatic amines is 1. The van der Waals surface area contributed by atoms with E-state index in [1.54, 1.807) is 80.7 Å². The average Bonchev–Trinajstić information content (AvgIpc) is 1.57. The van der Waals surface area contributed by atoms with Crippen LogP contribution in [0, 0.1) is 5.92 Å². The van der Waals surface area contributed by atoms with Gasteiger partial charge in [-0.15, -0.1) is 11.8 Å². The zero-order valence-electron chi connectivity index (χ0n) is 70.6. The van der Waals surface area contributed by atoms with E-state index < -0.39 is 192 Å². The predicted octanol–water partition coefficient (Wildman–Crippen LogP) is 3.74. The van der Waals surface area contributed by atoms with Crippen LogP contribution < -0.4 is 52.6 Å². The number of para-hydroxylation sites is 1. The summed E-state index contributed by atoms with van der Waals surface area (Å²) in [5.41, 5.74) is 6.68. The van der Waals surface area contributed by atoms with Crippen LogP contribution in [0.25, 0.3) is 10.9 Å². The molecule has 5 aromatic rings. The van der Waals surface area contributed by atoms with Gasteiger partial charge in [0.25, 0.3) is 0 Å². The number of phenolic OH excluding ortho intramolecular Hbond substituents is 1. The van der Waals surface area contributed by atoms with Gasteiger partial charge in [0.1, 0.15) is 82.7 Å². The van der Waals surface area contributed by atoms with Gasteiger partial charge in [-0.05, 0) is 125 Å². The number of phenols is 1. The lowest BCUT2D eigenvalue weighted by atomic mass is 9.83. The van der Waals surface area contributed by atoms with E-state index in [-0.39, 0.29) is 93.3 Å². The summed E-state index contributed by atoms with van der Waals surface area (Å²) >= 11 is 7.94. The number of nitrogens with zero attached hydrogens (tertiary/aromatic N) is 4. The summed E-state index contributed by atoms with van der Waals surface area (Å²) in [5.74, 6) is -9.49. The summed E-state index contributed by atoms with van der Waals surface area (Å²) in [6.07, 6.45) is -1.12. The van der Waals surface area contributed by atoms with Crippen molar-refractivity contribution in [2.75, 3.05) is 65.6 Å². The third kappa shape index (κ3) is 23.9. The van der Waals surface area contributed by atoms with Crippen LogP contribution in [0.3, 0.4) is 0 Å². The van der Waals surface area contributed by atoms with Crippen LogP contribution in [0.15, 0.2) is 121 Å². The number of methoxy groups -OCH3 is 2. The molecule has 1 aromatic heterocycles. The minimum absolute atomic E-state index is 0.00621. The molecule has 10 rings (SSSR count). The first-order valence-corrected chi connectivity index (χ1v) is 42.6. The molecule has 5 aliphatic rings. The minimum atomic E-state index is -1.94. The molecular formula is C87H112ClN13O21S. The van der Waals surface area contributed by atoms with Crippen LogP contribution in [-0.4, -0.2) is 262 Å². The Bertz CT molecular complexity index is 4760. The van der Waals surface area contributed by atoms with Crippen molar-refractivity contribution in [3.8, 4) is 11.5 Å². The van der Waals surface area contributed by atoms with E-state index in [1.807, 2.05) is 31.2 Å². The third-order valence-electron chi connectivity index (χ3n) is 23.3. The number of aliphatic hydroxyl groups excluding tert-OH is 1. The summed E-state index contributed by atoms with van der Waals surface area (Å²) in [6.45, 7) is 7.97. The van der Waals surface area contributed by atoms with Gasteiger partial charge < -0.3 is 96.3 Å². The maximum Gasteiger partial charge on any atom is 0.409 e. The number of imide groups is 1. The molecule has 6 heterocycles. The highest BCUT2D eigenvalue weighted by Crippen LogP contribution is 2.49. The number of ether oxygens (including phenoxy) is 5. The van der Waals surface area contributed by atoms with Crippen molar-refractivity contribution in [2.24, 2.45) is 11.7 Å². The number of thioether (sulfide) groups is 1. The lowest BCUT2D eigenvalue weighted by Crippen LogP contribution is -2.63. The van der Waals surface area contributed by atoms with Gasteiger partial charge in [-0.2, -0.15) is 0 Å². The molecule has 0 aliphatic carbocycles. The zero-order chi connectivity index (χ0) is 89.3. The summed E-state index contributed by atoms with van der Waals surface area (Å²) in [4.78, 5) is 195. The van der Waals surface area contributed by atoms with Crippen molar-refractivity contribution in [3.63, 3.8) is 0 Å². The van der Waals surface area contributed by atoms with Crippen molar-refractivity contribution in [1.82, 2.24) is 56.9 Å². The van der Waals surface area contributed by atoms with Crippen LogP contribution in [0.5, 0.6) is 11.5 Å². The molecule has 4 fully saturated rings. The van der Waals surface area contributed by atoms with Crippen LogP contribution in [0.4, 0.5) is 10.5 Å². The smallest absolute Gasteiger partial charge is 0.409 e. The number of likely N-dealkylation sites (N-methyl/N-ethyl adjacent to an activating group) is 2. The molecule has 664 valence electrons. The molecule has 4 aromatic carbocycles. The number of nitrogens with one attached hydrogen (secondary N) is 8. The fourth-order valence-electron chi connectivity index (χ4n) is 15.8. The highest BCUT2D eigenvalue weighted by Gasteiger charge is 2.65. The van der Waals surface area contributed by atoms with E-state index in [4.69, 9.17) is 41.0 Å². The fraction of sp³-hybridized carbons (Fsp3) is 0.506. The topological polar surface area (TPSA) is 471 Å². The molecule has 13 N–H and O–H groups in total. The van der Waals surface area contributed by atoms with Crippen molar-refractivity contribution >= 4 is 117 Å².